The first-order valence-corrected chi connectivity index (χ1v) is 6.62. The van der Waals surface area contributed by atoms with Crippen molar-refractivity contribution in [3.8, 4) is 5.75 Å². The fraction of sp³-hybridized carbons (Fsp3) is 0.429. The van der Waals surface area contributed by atoms with Crippen molar-refractivity contribution in [2.75, 3.05) is 6.54 Å². The van der Waals surface area contributed by atoms with Crippen molar-refractivity contribution in [2.45, 2.75) is 26.5 Å². The average Bonchev–Trinajstić information content (AvgIpc) is 2.78. The SMILES string of the molecule is CC(C)CN=C1NC(=O)C(c2ccc(OC(F)F)cc2)N1. The first kappa shape index (κ1) is 15.2. The quantitative estimate of drug-likeness (QED) is 0.874. The van der Waals surface area contributed by atoms with Crippen molar-refractivity contribution in [2.24, 2.45) is 10.9 Å². The third-order valence-corrected chi connectivity index (χ3v) is 2.84. The maximum atomic E-state index is 12.1. The summed E-state index contributed by atoms with van der Waals surface area (Å²) in [6.07, 6.45) is 0. The molecule has 1 heterocycles. The maximum absolute atomic E-state index is 12.1. The Labute approximate surface area is 121 Å². The Hall–Kier alpha value is -2.18. The van der Waals surface area contributed by atoms with Gasteiger partial charge in [0.05, 0.1) is 0 Å². The molecule has 0 aromatic heterocycles. The van der Waals surface area contributed by atoms with Gasteiger partial charge < -0.3 is 10.1 Å². The van der Waals surface area contributed by atoms with E-state index in [1.807, 2.05) is 13.8 Å². The second-order valence-electron chi connectivity index (χ2n) is 5.10. The molecule has 1 aliphatic heterocycles. The number of halogens is 2. The van der Waals surface area contributed by atoms with Crippen LogP contribution in [0.5, 0.6) is 5.75 Å². The molecule has 1 amide bonds. The number of aliphatic imine (C=N–C) groups is 1. The molecule has 1 atom stereocenters. The van der Waals surface area contributed by atoms with Crippen molar-refractivity contribution in [3.63, 3.8) is 0 Å². The van der Waals surface area contributed by atoms with E-state index in [2.05, 4.69) is 20.4 Å². The van der Waals surface area contributed by atoms with Crippen LogP contribution in [0.2, 0.25) is 0 Å². The van der Waals surface area contributed by atoms with Gasteiger partial charge in [-0.2, -0.15) is 8.78 Å². The van der Waals surface area contributed by atoms with Crippen LogP contribution in [0.3, 0.4) is 0 Å². The van der Waals surface area contributed by atoms with E-state index in [0.29, 0.717) is 24.0 Å². The van der Waals surface area contributed by atoms with Gasteiger partial charge in [-0.05, 0) is 23.6 Å². The minimum absolute atomic E-state index is 0.0563. The highest BCUT2D eigenvalue weighted by molar-refractivity contribution is 6.06. The summed E-state index contributed by atoms with van der Waals surface area (Å²) in [4.78, 5) is 16.1. The van der Waals surface area contributed by atoms with Gasteiger partial charge >= 0.3 is 6.61 Å². The zero-order valence-corrected chi connectivity index (χ0v) is 11.8. The lowest BCUT2D eigenvalue weighted by Gasteiger charge is -2.10. The standard InChI is InChI=1S/C14H17F2N3O2/c1-8(2)7-17-14-18-11(12(20)19-14)9-3-5-10(6-4-9)21-13(15)16/h3-6,8,11,13H,7H2,1-2H3,(H2,17,18,19,20). The second-order valence-corrected chi connectivity index (χ2v) is 5.10. The number of nitrogens with one attached hydrogen (secondary N) is 2. The van der Waals surface area contributed by atoms with Crippen LogP contribution in [0.15, 0.2) is 29.3 Å². The fourth-order valence-corrected chi connectivity index (χ4v) is 1.86. The largest absolute Gasteiger partial charge is 0.435 e. The van der Waals surface area contributed by atoms with E-state index in [9.17, 15) is 13.6 Å². The van der Waals surface area contributed by atoms with Crippen molar-refractivity contribution < 1.29 is 18.3 Å². The molecule has 1 aromatic rings. The minimum Gasteiger partial charge on any atom is -0.435 e. The molecule has 1 aromatic carbocycles. The van der Waals surface area contributed by atoms with Crippen LogP contribution in [0.4, 0.5) is 8.78 Å². The predicted octanol–water partition coefficient (Wildman–Crippen LogP) is 2.06. The van der Waals surface area contributed by atoms with Crippen molar-refractivity contribution in [3.05, 3.63) is 29.8 Å². The summed E-state index contributed by atoms with van der Waals surface area (Å²) in [7, 11) is 0. The number of rotatable bonds is 5. The Morgan fingerprint density at radius 3 is 2.52 bits per heavy atom. The molecule has 0 saturated carbocycles. The molecule has 0 bridgehead atoms. The van der Waals surface area contributed by atoms with E-state index in [1.54, 1.807) is 12.1 Å². The molecule has 21 heavy (non-hydrogen) atoms. The number of hydrogen-bond donors (Lipinski definition) is 2. The van der Waals surface area contributed by atoms with E-state index >= 15 is 0 Å². The highest BCUT2D eigenvalue weighted by Gasteiger charge is 2.29. The number of guanidine groups is 1. The minimum atomic E-state index is -2.86. The molecule has 2 rings (SSSR count). The van der Waals surface area contributed by atoms with E-state index in [4.69, 9.17) is 0 Å². The van der Waals surface area contributed by atoms with Crippen LogP contribution in [-0.2, 0) is 4.79 Å². The molecule has 0 radical (unpaired) electrons. The zero-order chi connectivity index (χ0) is 15.4. The van der Waals surface area contributed by atoms with Crippen molar-refractivity contribution in [1.29, 1.82) is 0 Å². The molecule has 1 aliphatic rings. The van der Waals surface area contributed by atoms with E-state index in [0.717, 1.165) is 0 Å². The summed E-state index contributed by atoms with van der Waals surface area (Å²) in [5, 5.41) is 5.63. The van der Waals surface area contributed by atoms with E-state index in [-0.39, 0.29) is 11.7 Å². The van der Waals surface area contributed by atoms with Crippen LogP contribution in [0.1, 0.15) is 25.5 Å². The molecule has 114 valence electrons. The molecule has 7 heteroatoms. The lowest BCUT2D eigenvalue weighted by molar-refractivity contribution is -0.120. The molecule has 1 unspecified atom stereocenters. The Kier molecular flexibility index (Phi) is 4.72. The summed E-state index contributed by atoms with van der Waals surface area (Å²) < 4.78 is 28.4. The molecule has 1 fully saturated rings. The van der Waals surface area contributed by atoms with Crippen LogP contribution in [0.25, 0.3) is 0 Å². The normalized spacial score (nSPS) is 20.0. The molecular formula is C14H17F2N3O2. The summed E-state index contributed by atoms with van der Waals surface area (Å²) in [5.74, 6) is 0.661. The van der Waals surface area contributed by atoms with Gasteiger partial charge in [0.1, 0.15) is 11.8 Å². The summed E-state index contributed by atoms with van der Waals surface area (Å²) >= 11 is 0. The van der Waals surface area contributed by atoms with Gasteiger partial charge in [0, 0.05) is 6.54 Å². The number of nitrogens with zero attached hydrogens (tertiary/aromatic N) is 1. The van der Waals surface area contributed by atoms with Gasteiger partial charge in [0.25, 0.3) is 5.91 Å². The van der Waals surface area contributed by atoms with E-state index < -0.39 is 12.7 Å². The number of ether oxygens (including phenoxy) is 1. The average molecular weight is 297 g/mol. The third kappa shape index (κ3) is 4.14. The second kappa shape index (κ2) is 6.51. The number of benzene rings is 1. The van der Waals surface area contributed by atoms with Gasteiger partial charge in [-0.3, -0.25) is 15.1 Å². The first-order chi connectivity index (χ1) is 9.95. The predicted molar refractivity (Wildman–Crippen MR) is 74.2 cm³/mol. The Morgan fingerprint density at radius 1 is 1.29 bits per heavy atom. The Bertz CT molecular complexity index is 530. The summed E-state index contributed by atoms with van der Waals surface area (Å²) in [5.41, 5.74) is 0.656. The van der Waals surface area contributed by atoms with Crippen molar-refractivity contribution in [1.82, 2.24) is 10.6 Å². The van der Waals surface area contributed by atoms with Gasteiger partial charge in [0.2, 0.25) is 0 Å². The van der Waals surface area contributed by atoms with Crippen LogP contribution in [0, 0.1) is 5.92 Å². The Morgan fingerprint density at radius 2 is 1.95 bits per heavy atom. The molecule has 0 spiro atoms. The monoisotopic (exact) mass is 297 g/mol. The van der Waals surface area contributed by atoms with Crippen LogP contribution < -0.4 is 15.4 Å². The van der Waals surface area contributed by atoms with Crippen LogP contribution >= 0.6 is 0 Å². The fourth-order valence-electron chi connectivity index (χ4n) is 1.86. The smallest absolute Gasteiger partial charge is 0.387 e. The van der Waals surface area contributed by atoms with Gasteiger partial charge in [-0.15, -0.1) is 0 Å². The first-order valence-electron chi connectivity index (χ1n) is 6.62. The molecule has 2 N–H and O–H groups in total. The lowest BCUT2D eigenvalue weighted by Crippen LogP contribution is -2.26. The van der Waals surface area contributed by atoms with E-state index in [1.165, 1.54) is 12.1 Å². The van der Waals surface area contributed by atoms with Crippen molar-refractivity contribution >= 4 is 11.9 Å². The zero-order valence-electron chi connectivity index (χ0n) is 11.8. The summed E-state index contributed by atoms with van der Waals surface area (Å²) in [6.45, 7) is 1.80. The third-order valence-electron chi connectivity index (χ3n) is 2.84. The number of carbonyl (C=O) groups is 1. The summed E-state index contributed by atoms with van der Waals surface area (Å²) in [6, 6.07) is 5.37. The number of hydrogen-bond acceptors (Lipinski definition) is 3. The molecular weight excluding hydrogens is 280 g/mol. The lowest BCUT2D eigenvalue weighted by atomic mass is 10.1. The number of amides is 1. The van der Waals surface area contributed by atoms with Gasteiger partial charge in [-0.25, -0.2) is 0 Å². The molecule has 5 nitrogen and oxygen atoms in total. The maximum Gasteiger partial charge on any atom is 0.387 e. The molecule has 0 aliphatic carbocycles. The Balaban J connectivity index is 2.05. The number of carbonyl (C=O) groups excluding carboxylic acids is 1. The highest BCUT2D eigenvalue weighted by Crippen LogP contribution is 2.21. The van der Waals surface area contributed by atoms with Gasteiger partial charge in [0.15, 0.2) is 5.96 Å². The highest BCUT2D eigenvalue weighted by atomic mass is 19.3. The molecule has 1 saturated heterocycles. The van der Waals surface area contributed by atoms with Gasteiger partial charge in [-0.1, -0.05) is 26.0 Å². The van der Waals surface area contributed by atoms with Crippen LogP contribution in [-0.4, -0.2) is 25.0 Å². The number of alkyl halides is 2. The topological polar surface area (TPSA) is 62.7 Å².